The summed E-state index contributed by atoms with van der Waals surface area (Å²) in [5, 5.41) is 14.7. The minimum atomic E-state index is -0.977. The van der Waals surface area contributed by atoms with E-state index >= 15 is 0 Å². The molecule has 0 aliphatic carbocycles. The number of aromatic nitrogens is 1. The third-order valence-electron chi connectivity index (χ3n) is 7.37. The average molecular weight is 525 g/mol. The maximum absolute atomic E-state index is 13.9. The minimum absolute atomic E-state index is 0.200. The van der Waals surface area contributed by atoms with Crippen LogP contribution < -0.4 is 5.32 Å². The number of aromatic carboxylic acids is 1. The molecule has 0 aliphatic heterocycles. The zero-order chi connectivity index (χ0) is 27.6. The highest BCUT2D eigenvalue weighted by Gasteiger charge is 2.19. The molecule has 0 unspecified atom stereocenters. The van der Waals surface area contributed by atoms with Gasteiger partial charge in [0.25, 0.3) is 5.91 Å². The number of carboxylic acids is 1. The van der Waals surface area contributed by atoms with Crippen LogP contribution >= 0.6 is 0 Å². The molecule has 2 N–H and O–H groups in total. The van der Waals surface area contributed by atoms with Gasteiger partial charge >= 0.3 is 5.97 Å². The Morgan fingerprint density at radius 3 is 2.23 bits per heavy atom. The van der Waals surface area contributed by atoms with Crippen LogP contribution in [0.4, 0.5) is 0 Å². The monoisotopic (exact) mass is 524 g/mol. The van der Waals surface area contributed by atoms with Gasteiger partial charge < -0.3 is 14.8 Å². The van der Waals surface area contributed by atoms with Crippen molar-refractivity contribution in [1.29, 1.82) is 0 Å². The van der Waals surface area contributed by atoms with Crippen molar-refractivity contribution in [3.05, 3.63) is 149 Å². The molecule has 0 saturated heterocycles. The molecule has 0 fully saturated rings. The summed E-state index contributed by atoms with van der Waals surface area (Å²) in [5.74, 6) is -1.18. The van der Waals surface area contributed by atoms with Gasteiger partial charge in [0, 0.05) is 17.6 Å². The summed E-state index contributed by atoms with van der Waals surface area (Å²) in [7, 11) is 0. The normalized spacial score (nSPS) is 11.9. The maximum atomic E-state index is 13.9. The fourth-order valence-electron chi connectivity index (χ4n) is 5.24. The van der Waals surface area contributed by atoms with Crippen molar-refractivity contribution in [2.75, 3.05) is 0 Å². The predicted octanol–water partition coefficient (Wildman–Crippen LogP) is 7.54. The fraction of sp³-hybridized carbons (Fsp3) is 0.0857. The van der Waals surface area contributed by atoms with Gasteiger partial charge in [-0.05, 0) is 76.3 Å². The molecule has 5 nitrogen and oxygen atoms in total. The van der Waals surface area contributed by atoms with E-state index in [1.165, 1.54) is 16.3 Å². The number of nitrogens with zero attached hydrogens (tertiary/aromatic N) is 1. The first kappa shape index (κ1) is 25.1. The summed E-state index contributed by atoms with van der Waals surface area (Å²) in [6.07, 6.45) is 0.677. The molecule has 2 heterocycles. The Balaban J connectivity index is 1.39. The van der Waals surface area contributed by atoms with Crippen molar-refractivity contribution in [3.63, 3.8) is 0 Å². The highest BCUT2D eigenvalue weighted by Crippen LogP contribution is 2.27. The van der Waals surface area contributed by atoms with Gasteiger partial charge in [-0.2, -0.15) is 0 Å². The Hall–Kier alpha value is -5.16. The first-order valence-corrected chi connectivity index (χ1v) is 13.3. The number of rotatable bonds is 7. The summed E-state index contributed by atoms with van der Waals surface area (Å²) in [5.41, 5.74) is 6.73. The molecule has 0 radical (unpaired) electrons. The van der Waals surface area contributed by atoms with E-state index in [1.54, 1.807) is 24.3 Å². The highest BCUT2D eigenvalue weighted by atomic mass is 16.4. The third kappa shape index (κ3) is 4.97. The molecule has 0 bridgehead atoms. The van der Waals surface area contributed by atoms with Crippen LogP contribution in [0.1, 0.15) is 50.6 Å². The number of benzene rings is 4. The Morgan fingerprint density at radius 1 is 0.750 bits per heavy atom. The second-order valence-corrected chi connectivity index (χ2v) is 10.1. The molecule has 6 aromatic rings. The van der Waals surface area contributed by atoms with E-state index in [0.717, 1.165) is 27.9 Å². The molecular formula is C35H28N2O3. The number of carboxylic acid groups (broad SMARTS) is 1. The number of carbonyl (C=O) groups is 2. The van der Waals surface area contributed by atoms with Crippen molar-refractivity contribution < 1.29 is 14.7 Å². The first-order chi connectivity index (χ1) is 19.5. The van der Waals surface area contributed by atoms with E-state index in [2.05, 4.69) is 53.8 Å². The van der Waals surface area contributed by atoms with Gasteiger partial charge in [0.2, 0.25) is 0 Å². The Kier molecular flexibility index (Phi) is 6.62. The molecule has 0 aliphatic rings. The van der Waals surface area contributed by atoms with E-state index in [0.29, 0.717) is 12.1 Å². The Bertz CT molecular complexity index is 1850. The number of nitrogens with one attached hydrogen (secondary N) is 1. The van der Waals surface area contributed by atoms with Gasteiger partial charge in [0.15, 0.2) is 0 Å². The standard InChI is InChI=1S/C35H28N2O3/c1-23(25-13-15-28(16-14-25)35(39)40)36-34(38)33-22-30(26-7-3-2-4-8-26)21-32-18-17-31(37(32)33)20-24-11-12-27-9-5-6-10-29(27)19-24/h2-19,21-23H,20H2,1H3,(H,36,38)(H,39,40)/t23-/m0/s1. The third-order valence-corrected chi connectivity index (χ3v) is 7.37. The lowest BCUT2D eigenvalue weighted by Crippen LogP contribution is -2.28. The second kappa shape index (κ2) is 10.5. The van der Waals surface area contributed by atoms with E-state index < -0.39 is 5.97 Å². The lowest BCUT2D eigenvalue weighted by Gasteiger charge is -2.18. The number of pyridine rings is 1. The Labute approximate surface area is 232 Å². The summed E-state index contributed by atoms with van der Waals surface area (Å²) in [6, 6.07) is 39.3. The van der Waals surface area contributed by atoms with Crippen molar-refractivity contribution in [2.24, 2.45) is 0 Å². The molecule has 2 aromatic heterocycles. The van der Waals surface area contributed by atoms with Gasteiger partial charge in [-0.1, -0.05) is 84.9 Å². The summed E-state index contributed by atoms with van der Waals surface area (Å²) < 4.78 is 2.04. The highest BCUT2D eigenvalue weighted by molar-refractivity contribution is 5.96. The molecule has 0 spiro atoms. The largest absolute Gasteiger partial charge is 0.478 e. The fourth-order valence-corrected chi connectivity index (χ4v) is 5.24. The smallest absolute Gasteiger partial charge is 0.335 e. The van der Waals surface area contributed by atoms with Crippen LogP contribution in [-0.2, 0) is 6.42 Å². The Morgan fingerprint density at radius 2 is 1.48 bits per heavy atom. The van der Waals surface area contributed by atoms with E-state index in [4.69, 9.17) is 0 Å². The second-order valence-electron chi connectivity index (χ2n) is 10.1. The molecular weight excluding hydrogens is 496 g/mol. The molecule has 196 valence electrons. The van der Waals surface area contributed by atoms with Gasteiger partial charge in [-0.15, -0.1) is 0 Å². The van der Waals surface area contributed by atoms with Crippen LogP contribution in [0.2, 0.25) is 0 Å². The zero-order valence-electron chi connectivity index (χ0n) is 22.0. The lowest BCUT2D eigenvalue weighted by atomic mass is 10.0. The number of amides is 1. The van der Waals surface area contributed by atoms with E-state index in [-0.39, 0.29) is 17.5 Å². The minimum Gasteiger partial charge on any atom is -0.478 e. The number of hydrogen-bond donors (Lipinski definition) is 2. The average Bonchev–Trinajstić information content (AvgIpc) is 3.39. The van der Waals surface area contributed by atoms with Crippen molar-refractivity contribution in [3.8, 4) is 11.1 Å². The first-order valence-electron chi connectivity index (χ1n) is 13.3. The van der Waals surface area contributed by atoms with Crippen LogP contribution in [-0.4, -0.2) is 21.4 Å². The van der Waals surface area contributed by atoms with Gasteiger partial charge in [-0.25, -0.2) is 4.79 Å². The van der Waals surface area contributed by atoms with Gasteiger partial charge in [-0.3, -0.25) is 4.79 Å². The molecule has 4 aromatic carbocycles. The molecule has 1 atom stereocenters. The van der Waals surface area contributed by atoms with Gasteiger partial charge in [0.05, 0.1) is 11.6 Å². The summed E-state index contributed by atoms with van der Waals surface area (Å²) >= 11 is 0. The lowest BCUT2D eigenvalue weighted by molar-refractivity contribution is 0.0696. The molecule has 40 heavy (non-hydrogen) atoms. The quantitative estimate of drug-likeness (QED) is 0.227. The molecule has 0 saturated carbocycles. The van der Waals surface area contributed by atoms with E-state index in [9.17, 15) is 14.7 Å². The van der Waals surface area contributed by atoms with Crippen molar-refractivity contribution in [2.45, 2.75) is 19.4 Å². The molecule has 5 heteroatoms. The SMILES string of the molecule is C[C@H](NC(=O)c1cc(-c2ccccc2)cc2ccc(Cc3ccc4ccccc4c3)n12)c1ccc(C(=O)O)cc1. The van der Waals surface area contributed by atoms with Crippen molar-refractivity contribution >= 4 is 28.2 Å². The van der Waals surface area contributed by atoms with Crippen LogP contribution in [0, 0.1) is 0 Å². The number of hydrogen-bond acceptors (Lipinski definition) is 2. The zero-order valence-corrected chi connectivity index (χ0v) is 22.0. The van der Waals surface area contributed by atoms with Crippen LogP contribution in [0.5, 0.6) is 0 Å². The van der Waals surface area contributed by atoms with Gasteiger partial charge in [0.1, 0.15) is 5.69 Å². The number of fused-ring (bicyclic) bond motifs is 2. The maximum Gasteiger partial charge on any atom is 0.335 e. The van der Waals surface area contributed by atoms with Crippen LogP contribution in [0.15, 0.2) is 121 Å². The molecule has 1 amide bonds. The van der Waals surface area contributed by atoms with Crippen molar-refractivity contribution in [1.82, 2.24) is 9.72 Å². The summed E-state index contributed by atoms with van der Waals surface area (Å²) in [6.45, 7) is 1.90. The van der Waals surface area contributed by atoms with E-state index in [1.807, 2.05) is 59.9 Å². The molecule has 6 rings (SSSR count). The predicted molar refractivity (Wildman–Crippen MR) is 159 cm³/mol. The number of carbonyl (C=O) groups excluding carboxylic acids is 1. The van der Waals surface area contributed by atoms with Crippen LogP contribution in [0.3, 0.4) is 0 Å². The summed E-state index contributed by atoms with van der Waals surface area (Å²) in [4.78, 5) is 25.1. The van der Waals surface area contributed by atoms with Crippen LogP contribution in [0.25, 0.3) is 27.4 Å². The topological polar surface area (TPSA) is 70.8 Å².